The Balaban J connectivity index is 2.12. The molecule has 0 aliphatic heterocycles. The van der Waals surface area contributed by atoms with E-state index in [-0.39, 0.29) is 17.0 Å². The van der Waals surface area contributed by atoms with Crippen molar-refractivity contribution >= 4 is 12.1 Å². The molecule has 22 heavy (non-hydrogen) atoms. The van der Waals surface area contributed by atoms with Gasteiger partial charge in [-0.15, -0.1) is 0 Å². The standard InChI is InChI=1S/C16H18N4O2/c1-16(2,3)15-19-13(9-17)14(22-15)20-18-10-11-5-7-12(21-4)8-6-11/h5-8,10,20H,1-4H3. The summed E-state index contributed by atoms with van der Waals surface area (Å²) in [5.74, 6) is 1.52. The predicted molar refractivity (Wildman–Crippen MR) is 84.1 cm³/mol. The monoisotopic (exact) mass is 298 g/mol. The first-order valence-corrected chi connectivity index (χ1v) is 6.78. The maximum atomic E-state index is 9.09. The number of hydrogen-bond acceptors (Lipinski definition) is 6. The number of ether oxygens (including phenoxy) is 1. The van der Waals surface area contributed by atoms with E-state index in [1.165, 1.54) is 0 Å². The number of nitrogens with zero attached hydrogens (tertiary/aromatic N) is 3. The van der Waals surface area contributed by atoms with Gasteiger partial charge in [0.05, 0.1) is 13.3 Å². The average molecular weight is 298 g/mol. The number of nitriles is 1. The number of anilines is 1. The van der Waals surface area contributed by atoms with E-state index in [2.05, 4.69) is 15.5 Å². The number of aromatic nitrogens is 1. The second kappa shape index (κ2) is 6.31. The van der Waals surface area contributed by atoms with Crippen LogP contribution in [0, 0.1) is 11.3 Å². The predicted octanol–water partition coefficient (Wildman–Crippen LogP) is 3.30. The van der Waals surface area contributed by atoms with Gasteiger partial charge in [-0.05, 0) is 29.8 Å². The van der Waals surface area contributed by atoms with E-state index >= 15 is 0 Å². The highest BCUT2D eigenvalue weighted by Crippen LogP contribution is 2.26. The summed E-state index contributed by atoms with van der Waals surface area (Å²) in [6, 6.07) is 9.42. The molecule has 6 heteroatoms. The molecule has 0 saturated carbocycles. The number of hydrogen-bond donors (Lipinski definition) is 1. The molecule has 2 rings (SSSR count). The van der Waals surface area contributed by atoms with Crippen molar-refractivity contribution in [1.29, 1.82) is 5.26 Å². The fraction of sp³-hybridized carbons (Fsp3) is 0.312. The molecule has 0 atom stereocenters. The fourth-order valence-corrected chi connectivity index (χ4v) is 1.65. The van der Waals surface area contributed by atoms with Gasteiger partial charge < -0.3 is 9.15 Å². The van der Waals surface area contributed by atoms with Crippen molar-refractivity contribution in [2.45, 2.75) is 26.2 Å². The van der Waals surface area contributed by atoms with E-state index in [0.29, 0.717) is 5.89 Å². The second-order valence-corrected chi connectivity index (χ2v) is 5.70. The lowest BCUT2D eigenvalue weighted by molar-refractivity contribution is 0.399. The molecule has 0 aliphatic rings. The van der Waals surface area contributed by atoms with Crippen LogP contribution in [0.25, 0.3) is 0 Å². The van der Waals surface area contributed by atoms with Crippen LogP contribution in [0.15, 0.2) is 33.8 Å². The number of oxazole rings is 1. The summed E-state index contributed by atoms with van der Waals surface area (Å²) < 4.78 is 10.7. The maximum Gasteiger partial charge on any atom is 0.252 e. The minimum absolute atomic E-state index is 0.191. The number of hydrazone groups is 1. The van der Waals surface area contributed by atoms with Gasteiger partial charge in [-0.3, -0.25) is 0 Å². The summed E-state index contributed by atoms with van der Waals surface area (Å²) in [4.78, 5) is 4.17. The highest BCUT2D eigenvalue weighted by atomic mass is 16.5. The van der Waals surface area contributed by atoms with Crippen molar-refractivity contribution in [1.82, 2.24) is 4.98 Å². The molecule has 0 unspecified atom stereocenters. The molecule has 1 N–H and O–H groups in total. The molecular weight excluding hydrogens is 280 g/mol. The Labute approximate surface area is 129 Å². The molecule has 6 nitrogen and oxygen atoms in total. The van der Waals surface area contributed by atoms with Gasteiger partial charge >= 0.3 is 0 Å². The third-order valence-electron chi connectivity index (χ3n) is 2.87. The summed E-state index contributed by atoms with van der Waals surface area (Å²) in [5, 5.41) is 13.2. The quantitative estimate of drug-likeness (QED) is 0.691. The average Bonchev–Trinajstić information content (AvgIpc) is 2.91. The largest absolute Gasteiger partial charge is 0.497 e. The van der Waals surface area contributed by atoms with Gasteiger partial charge in [0.25, 0.3) is 5.88 Å². The van der Waals surface area contributed by atoms with Crippen LogP contribution in [0.2, 0.25) is 0 Å². The highest BCUT2D eigenvalue weighted by Gasteiger charge is 2.23. The third-order valence-corrected chi connectivity index (χ3v) is 2.87. The minimum Gasteiger partial charge on any atom is -0.497 e. The van der Waals surface area contributed by atoms with Gasteiger partial charge in [0, 0.05) is 5.41 Å². The molecule has 0 amide bonds. The SMILES string of the molecule is COc1ccc(C=NNc2oc(C(C)(C)C)nc2C#N)cc1. The first kappa shape index (κ1) is 15.6. The molecule has 1 aromatic heterocycles. The van der Waals surface area contributed by atoms with Crippen LogP contribution in [0.5, 0.6) is 5.75 Å². The van der Waals surface area contributed by atoms with Crippen LogP contribution in [0.3, 0.4) is 0 Å². The lowest BCUT2D eigenvalue weighted by atomic mass is 9.97. The van der Waals surface area contributed by atoms with Gasteiger partial charge in [0.1, 0.15) is 11.8 Å². The van der Waals surface area contributed by atoms with E-state index in [1.54, 1.807) is 13.3 Å². The summed E-state index contributed by atoms with van der Waals surface area (Å²) in [6.07, 6.45) is 1.62. The second-order valence-electron chi connectivity index (χ2n) is 5.70. The van der Waals surface area contributed by atoms with Crippen molar-refractivity contribution in [3.63, 3.8) is 0 Å². The van der Waals surface area contributed by atoms with E-state index in [4.69, 9.17) is 14.4 Å². The first-order chi connectivity index (χ1) is 10.4. The molecule has 2 aromatic rings. The Bertz CT molecular complexity index is 703. The van der Waals surface area contributed by atoms with Crippen molar-refractivity contribution < 1.29 is 9.15 Å². The van der Waals surface area contributed by atoms with E-state index in [1.807, 2.05) is 51.1 Å². The smallest absolute Gasteiger partial charge is 0.252 e. The number of nitrogens with one attached hydrogen (secondary N) is 1. The normalized spacial score (nSPS) is 11.4. The lowest BCUT2D eigenvalue weighted by Gasteiger charge is -2.11. The van der Waals surface area contributed by atoms with Crippen LogP contribution in [-0.4, -0.2) is 18.3 Å². The van der Waals surface area contributed by atoms with Crippen LogP contribution in [-0.2, 0) is 5.41 Å². The highest BCUT2D eigenvalue weighted by molar-refractivity contribution is 5.80. The van der Waals surface area contributed by atoms with Gasteiger partial charge in [0.15, 0.2) is 0 Å². The molecule has 0 spiro atoms. The van der Waals surface area contributed by atoms with Crippen LogP contribution >= 0.6 is 0 Å². The van der Waals surface area contributed by atoms with Crippen molar-refractivity contribution in [2.24, 2.45) is 5.10 Å². The summed E-state index contributed by atoms with van der Waals surface area (Å²) >= 11 is 0. The van der Waals surface area contributed by atoms with Crippen LogP contribution in [0.1, 0.15) is 37.9 Å². The fourth-order valence-electron chi connectivity index (χ4n) is 1.65. The Hall–Kier alpha value is -2.81. The van der Waals surface area contributed by atoms with E-state index in [9.17, 15) is 0 Å². The molecule has 0 radical (unpaired) electrons. The lowest BCUT2D eigenvalue weighted by Crippen LogP contribution is -2.11. The van der Waals surface area contributed by atoms with Gasteiger partial charge in [-0.25, -0.2) is 5.43 Å². The molecular formula is C16H18N4O2. The molecule has 1 heterocycles. The summed E-state index contributed by atoms with van der Waals surface area (Å²) in [6.45, 7) is 5.89. The topological polar surface area (TPSA) is 83.4 Å². The zero-order valence-electron chi connectivity index (χ0n) is 13.0. The van der Waals surface area contributed by atoms with Crippen LogP contribution < -0.4 is 10.2 Å². The Morgan fingerprint density at radius 3 is 2.55 bits per heavy atom. The zero-order valence-corrected chi connectivity index (χ0v) is 13.0. The number of benzene rings is 1. The van der Waals surface area contributed by atoms with Gasteiger partial charge in [-0.2, -0.15) is 15.3 Å². The summed E-state index contributed by atoms with van der Waals surface area (Å²) in [7, 11) is 1.62. The zero-order chi connectivity index (χ0) is 16.2. The number of methoxy groups -OCH3 is 1. The number of rotatable bonds is 4. The maximum absolute atomic E-state index is 9.09. The molecule has 1 aromatic carbocycles. The van der Waals surface area contributed by atoms with Crippen molar-refractivity contribution in [3.05, 3.63) is 41.4 Å². The van der Waals surface area contributed by atoms with E-state index in [0.717, 1.165) is 11.3 Å². The minimum atomic E-state index is -0.273. The van der Waals surface area contributed by atoms with Crippen molar-refractivity contribution in [2.75, 3.05) is 12.5 Å². The van der Waals surface area contributed by atoms with Crippen LogP contribution in [0.4, 0.5) is 5.88 Å². The Morgan fingerprint density at radius 2 is 2.00 bits per heavy atom. The van der Waals surface area contributed by atoms with Gasteiger partial charge in [-0.1, -0.05) is 20.8 Å². The molecule has 0 fully saturated rings. The first-order valence-electron chi connectivity index (χ1n) is 6.78. The summed E-state index contributed by atoms with van der Waals surface area (Å²) in [5.41, 5.74) is 3.53. The Morgan fingerprint density at radius 1 is 1.32 bits per heavy atom. The molecule has 0 bridgehead atoms. The van der Waals surface area contributed by atoms with Gasteiger partial charge in [0.2, 0.25) is 11.6 Å². The molecule has 0 saturated heterocycles. The van der Waals surface area contributed by atoms with Crippen molar-refractivity contribution in [3.8, 4) is 11.8 Å². The Kier molecular flexibility index (Phi) is 4.47. The molecule has 114 valence electrons. The third kappa shape index (κ3) is 3.64. The van der Waals surface area contributed by atoms with E-state index < -0.39 is 0 Å². The molecule has 0 aliphatic carbocycles.